The molecule has 0 saturated heterocycles. The molecule has 0 aliphatic heterocycles. The molecule has 3 nitrogen and oxygen atoms in total. The SMILES string of the molecule is CC(C(=O)OC(C)(C)C)C1(O)CCc2c(F)cccc21. The van der Waals surface area contributed by atoms with Crippen LogP contribution in [0.15, 0.2) is 18.2 Å². The lowest BCUT2D eigenvalue weighted by atomic mass is 9.83. The molecule has 0 radical (unpaired) electrons. The van der Waals surface area contributed by atoms with Gasteiger partial charge in [-0.2, -0.15) is 0 Å². The van der Waals surface area contributed by atoms with E-state index >= 15 is 0 Å². The van der Waals surface area contributed by atoms with Crippen molar-refractivity contribution in [1.29, 1.82) is 0 Å². The molecule has 0 fully saturated rings. The van der Waals surface area contributed by atoms with Gasteiger partial charge in [0, 0.05) is 0 Å². The maximum absolute atomic E-state index is 13.7. The standard InChI is InChI=1S/C16H21FO3/c1-10(14(18)20-15(2,3)4)16(19)9-8-11-12(16)6-5-7-13(11)17/h5-7,10,19H,8-9H2,1-4H3. The number of hydrogen-bond acceptors (Lipinski definition) is 3. The molecule has 0 spiro atoms. The minimum atomic E-state index is -1.35. The number of ether oxygens (including phenoxy) is 1. The number of rotatable bonds is 2. The van der Waals surface area contributed by atoms with Gasteiger partial charge in [-0.05, 0) is 57.7 Å². The molecule has 110 valence electrons. The molecule has 1 aliphatic rings. The van der Waals surface area contributed by atoms with Crippen molar-refractivity contribution in [2.45, 2.75) is 51.7 Å². The number of aliphatic hydroxyl groups is 1. The molecule has 2 rings (SSSR count). The first kappa shape index (κ1) is 15.0. The van der Waals surface area contributed by atoms with E-state index in [0.717, 1.165) is 0 Å². The lowest BCUT2D eigenvalue weighted by Crippen LogP contribution is -2.39. The molecule has 2 atom stereocenters. The highest BCUT2D eigenvalue weighted by Crippen LogP contribution is 2.43. The van der Waals surface area contributed by atoms with Crippen LogP contribution in [0.25, 0.3) is 0 Å². The fourth-order valence-electron chi connectivity index (χ4n) is 2.70. The van der Waals surface area contributed by atoms with Crippen LogP contribution in [-0.4, -0.2) is 16.7 Å². The minimum Gasteiger partial charge on any atom is -0.460 e. The molecule has 4 heteroatoms. The Hall–Kier alpha value is -1.42. The van der Waals surface area contributed by atoms with E-state index < -0.39 is 23.1 Å². The zero-order valence-electron chi connectivity index (χ0n) is 12.4. The van der Waals surface area contributed by atoms with E-state index in [4.69, 9.17) is 4.74 Å². The second-order valence-electron chi connectivity index (χ2n) is 6.45. The molecule has 1 aromatic rings. The van der Waals surface area contributed by atoms with E-state index in [1.807, 2.05) is 0 Å². The number of benzene rings is 1. The molecule has 1 aliphatic carbocycles. The highest BCUT2D eigenvalue weighted by Gasteiger charge is 2.46. The third-order valence-corrected chi connectivity index (χ3v) is 3.82. The van der Waals surface area contributed by atoms with Gasteiger partial charge in [-0.25, -0.2) is 4.39 Å². The number of esters is 1. The van der Waals surface area contributed by atoms with E-state index in [1.54, 1.807) is 39.8 Å². The predicted molar refractivity (Wildman–Crippen MR) is 73.6 cm³/mol. The zero-order chi connectivity index (χ0) is 15.1. The Morgan fingerprint density at radius 3 is 2.70 bits per heavy atom. The molecule has 0 bridgehead atoms. The Balaban J connectivity index is 2.30. The highest BCUT2D eigenvalue weighted by atomic mass is 19.1. The van der Waals surface area contributed by atoms with Gasteiger partial charge in [-0.15, -0.1) is 0 Å². The topological polar surface area (TPSA) is 46.5 Å². The lowest BCUT2D eigenvalue weighted by Gasteiger charge is -2.32. The largest absolute Gasteiger partial charge is 0.460 e. The van der Waals surface area contributed by atoms with Crippen LogP contribution in [0.5, 0.6) is 0 Å². The number of halogens is 1. The Bertz CT molecular complexity index is 533. The Labute approximate surface area is 118 Å². The molecule has 0 amide bonds. The fraction of sp³-hybridized carbons (Fsp3) is 0.562. The van der Waals surface area contributed by atoms with Crippen molar-refractivity contribution in [2.75, 3.05) is 0 Å². The van der Waals surface area contributed by atoms with E-state index in [0.29, 0.717) is 24.0 Å². The Morgan fingerprint density at radius 1 is 1.45 bits per heavy atom. The van der Waals surface area contributed by atoms with Gasteiger partial charge in [-0.1, -0.05) is 12.1 Å². The molecular formula is C16H21FO3. The smallest absolute Gasteiger partial charge is 0.312 e. The zero-order valence-corrected chi connectivity index (χ0v) is 12.4. The fourth-order valence-corrected chi connectivity index (χ4v) is 2.70. The molecule has 1 aromatic carbocycles. The van der Waals surface area contributed by atoms with Crippen molar-refractivity contribution in [3.63, 3.8) is 0 Å². The highest BCUT2D eigenvalue weighted by molar-refractivity contribution is 5.74. The van der Waals surface area contributed by atoms with Crippen LogP contribution in [0.2, 0.25) is 0 Å². The van der Waals surface area contributed by atoms with Gasteiger partial charge in [-0.3, -0.25) is 4.79 Å². The Kier molecular flexibility index (Phi) is 3.63. The number of carbonyl (C=O) groups is 1. The van der Waals surface area contributed by atoms with Gasteiger partial charge < -0.3 is 9.84 Å². The first-order valence-corrected chi connectivity index (χ1v) is 6.88. The molecule has 0 aromatic heterocycles. The quantitative estimate of drug-likeness (QED) is 0.847. The maximum atomic E-state index is 13.7. The summed E-state index contributed by atoms with van der Waals surface area (Å²) in [6.07, 6.45) is 0.773. The van der Waals surface area contributed by atoms with Gasteiger partial charge in [0.2, 0.25) is 0 Å². The lowest BCUT2D eigenvalue weighted by molar-refractivity contribution is -0.169. The normalized spacial score (nSPS) is 23.3. The van der Waals surface area contributed by atoms with Crippen LogP contribution in [0.4, 0.5) is 4.39 Å². The average Bonchev–Trinajstić information content (AvgIpc) is 2.67. The monoisotopic (exact) mass is 280 g/mol. The van der Waals surface area contributed by atoms with Gasteiger partial charge in [0.1, 0.15) is 17.0 Å². The second-order valence-corrected chi connectivity index (χ2v) is 6.45. The van der Waals surface area contributed by atoms with E-state index in [9.17, 15) is 14.3 Å². The summed E-state index contributed by atoms with van der Waals surface area (Å²) in [5.74, 6) is -1.52. The number of hydrogen-bond donors (Lipinski definition) is 1. The van der Waals surface area contributed by atoms with Gasteiger partial charge in [0.15, 0.2) is 0 Å². The van der Waals surface area contributed by atoms with Crippen LogP contribution < -0.4 is 0 Å². The molecule has 2 unspecified atom stereocenters. The molecular weight excluding hydrogens is 259 g/mol. The predicted octanol–water partition coefficient (Wildman–Crippen LogP) is 2.94. The van der Waals surface area contributed by atoms with Crippen molar-refractivity contribution in [1.82, 2.24) is 0 Å². The summed E-state index contributed by atoms with van der Waals surface area (Å²) in [4.78, 5) is 12.2. The summed E-state index contributed by atoms with van der Waals surface area (Å²) >= 11 is 0. The summed E-state index contributed by atoms with van der Waals surface area (Å²) in [5, 5.41) is 10.8. The van der Waals surface area contributed by atoms with Crippen molar-refractivity contribution in [2.24, 2.45) is 5.92 Å². The first-order valence-electron chi connectivity index (χ1n) is 6.88. The summed E-state index contributed by atoms with van der Waals surface area (Å²) in [6, 6.07) is 4.63. The first-order chi connectivity index (χ1) is 9.15. The van der Waals surface area contributed by atoms with Gasteiger partial charge in [0.05, 0.1) is 5.92 Å². The summed E-state index contributed by atoms with van der Waals surface area (Å²) < 4.78 is 19.1. The van der Waals surface area contributed by atoms with Crippen molar-refractivity contribution < 1.29 is 19.0 Å². The summed E-state index contributed by atoms with van der Waals surface area (Å²) in [6.45, 7) is 6.98. The Morgan fingerprint density at radius 2 is 2.10 bits per heavy atom. The van der Waals surface area contributed by atoms with E-state index in [2.05, 4.69) is 0 Å². The minimum absolute atomic E-state index is 0.324. The van der Waals surface area contributed by atoms with Gasteiger partial charge >= 0.3 is 5.97 Å². The van der Waals surface area contributed by atoms with Crippen LogP contribution in [0, 0.1) is 11.7 Å². The molecule has 0 saturated carbocycles. The van der Waals surface area contributed by atoms with Crippen molar-refractivity contribution in [3.8, 4) is 0 Å². The van der Waals surface area contributed by atoms with E-state index in [-0.39, 0.29) is 5.82 Å². The van der Waals surface area contributed by atoms with Crippen LogP contribution >= 0.6 is 0 Å². The van der Waals surface area contributed by atoms with Crippen molar-refractivity contribution >= 4 is 5.97 Å². The molecule has 0 heterocycles. The van der Waals surface area contributed by atoms with Crippen LogP contribution in [0.1, 0.15) is 45.2 Å². The van der Waals surface area contributed by atoms with E-state index in [1.165, 1.54) is 6.07 Å². The maximum Gasteiger partial charge on any atom is 0.312 e. The number of fused-ring (bicyclic) bond motifs is 1. The second kappa shape index (κ2) is 4.85. The molecule has 20 heavy (non-hydrogen) atoms. The van der Waals surface area contributed by atoms with Crippen LogP contribution in [0.3, 0.4) is 0 Å². The summed E-state index contributed by atoms with van der Waals surface area (Å²) in [5.41, 5.74) is -0.938. The van der Waals surface area contributed by atoms with Gasteiger partial charge in [0.25, 0.3) is 0 Å². The summed E-state index contributed by atoms with van der Waals surface area (Å²) in [7, 11) is 0. The third-order valence-electron chi connectivity index (χ3n) is 3.82. The third kappa shape index (κ3) is 2.57. The average molecular weight is 280 g/mol. The molecule has 1 N–H and O–H groups in total. The van der Waals surface area contributed by atoms with Crippen LogP contribution in [-0.2, 0) is 21.6 Å². The van der Waals surface area contributed by atoms with Crippen molar-refractivity contribution in [3.05, 3.63) is 35.1 Å². The number of carbonyl (C=O) groups excluding carboxylic acids is 1.